The molecule has 0 bridgehead atoms. The molecule has 0 saturated carbocycles. The highest BCUT2D eigenvalue weighted by atomic mass is 15.3. The van der Waals surface area contributed by atoms with E-state index in [0.717, 1.165) is 40.8 Å². The Morgan fingerprint density at radius 1 is 1.00 bits per heavy atom. The van der Waals surface area contributed by atoms with Gasteiger partial charge in [-0.2, -0.15) is 0 Å². The second kappa shape index (κ2) is 6.61. The van der Waals surface area contributed by atoms with Crippen LogP contribution in [0, 0.1) is 0 Å². The molecule has 27 heavy (non-hydrogen) atoms. The molecule has 5 rings (SSSR count). The molecule has 0 atom stereocenters. The maximum atomic E-state index is 4.79. The number of hydrogen-bond acceptors (Lipinski definition) is 4. The number of pyridine rings is 2. The van der Waals surface area contributed by atoms with Crippen molar-refractivity contribution in [3.05, 3.63) is 84.5 Å². The van der Waals surface area contributed by atoms with Crippen molar-refractivity contribution < 1.29 is 0 Å². The molecule has 0 aliphatic carbocycles. The summed E-state index contributed by atoms with van der Waals surface area (Å²) in [7, 11) is 0. The van der Waals surface area contributed by atoms with Crippen LogP contribution < -0.4 is 0 Å². The van der Waals surface area contributed by atoms with Crippen LogP contribution in [0.15, 0.2) is 78.1 Å². The van der Waals surface area contributed by atoms with Crippen molar-refractivity contribution in [2.24, 2.45) is 4.99 Å². The lowest BCUT2D eigenvalue weighted by Crippen LogP contribution is -1.94. The number of hydrogen-bond donors (Lipinski definition) is 0. The first-order valence-corrected chi connectivity index (χ1v) is 8.98. The number of para-hydroxylation sites is 1. The smallest absolute Gasteiger partial charge is 0.175 e. The number of aryl methyl sites for hydroxylation is 1. The summed E-state index contributed by atoms with van der Waals surface area (Å²) in [6.45, 7) is 0. The van der Waals surface area contributed by atoms with Crippen molar-refractivity contribution in [3.8, 4) is 0 Å². The Bertz CT molecular complexity index is 1230. The van der Waals surface area contributed by atoms with Crippen molar-refractivity contribution >= 4 is 34.0 Å². The van der Waals surface area contributed by atoms with E-state index in [1.165, 1.54) is 5.56 Å². The summed E-state index contributed by atoms with van der Waals surface area (Å²) in [4.78, 5) is 13.8. The molecule has 5 nitrogen and oxygen atoms in total. The lowest BCUT2D eigenvalue weighted by Gasteiger charge is -2.07. The Balaban J connectivity index is 1.53. The molecule has 4 heterocycles. The molecule has 0 saturated heterocycles. The van der Waals surface area contributed by atoms with E-state index in [4.69, 9.17) is 4.99 Å². The van der Waals surface area contributed by atoms with Crippen LogP contribution >= 0.6 is 0 Å². The van der Waals surface area contributed by atoms with Gasteiger partial charge >= 0.3 is 0 Å². The largest absolute Gasteiger partial charge is 0.256 e. The van der Waals surface area contributed by atoms with Gasteiger partial charge in [-0.25, -0.2) is 14.5 Å². The van der Waals surface area contributed by atoms with E-state index in [1.807, 2.05) is 42.6 Å². The van der Waals surface area contributed by atoms with Crippen molar-refractivity contribution in [2.45, 2.75) is 12.8 Å². The third kappa shape index (κ3) is 3.04. The standard InChI is InChI=1S/C22H17N5/c1-3-8-17(24-19-10-4-2-7-16(19)6-1)11-12-21-25-22-18-9-5-14-23-20(18)13-15-27(22)26-21/h2-5,7-15H,1,6H2/b8-3?,12-11+,24-17?. The maximum Gasteiger partial charge on any atom is 0.175 e. The number of nitrogens with zero attached hydrogens (tertiary/aromatic N) is 5. The molecule has 0 N–H and O–H groups in total. The van der Waals surface area contributed by atoms with E-state index in [2.05, 4.69) is 45.4 Å². The first kappa shape index (κ1) is 15.6. The molecule has 4 aromatic rings. The molecule has 5 heteroatoms. The summed E-state index contributed by atoms with van der Waals surface area (Å²) in [5.41, 5.74) is 4.92. The Labute approximate surface area is 156 Å². The Hall–Kier alpha value is -3.60. The maximum absolute atomic E-state index is 4.79. The van der Waals surface area contributed by atoms with Crippen molar-refractivity contribution in [1.29, 1.82) is 0 Å². The molecule has 0 fully saturated rings. The van der Waals surface area contributed by atoms with Gasteiger partial charge in [-0.1, -0.05) is 24.3 Å². The van der Waals surface area contributed by atoms with Gasteiger partial charge in [0, 0.05) is 17.8 Å². The van der Waals surface area contributed by atoms with Crippen LogP contribution in [0.1, 0.15) is 17.8 Å². The van der Waals surface area contributed by atoms with Crippen molar-refractivity contribution in [2.75, 3.05) is 0 Å². The number of fused-ring (bicyclic) bond motifs is 4. The van der Waals surface area contributed by atoms with E-state index in [9.17, 15) is 0 Å². The van der Waals surface area contributed by atoms with E-state index in [1.54, 1.807) is 10.7 Å². The summed E-state index contributed by atoms with van der Waals surface area (Å²) >= 11 is 0. The van der Waals surface area contributed by atoms with Crippen LogP contribution in [0.25, 0.3) is 22.6 Å². The van der Waals surface area contributed by atoms with E-state index in [-0.39, 0.29) is 0 Å². The summed E-state index contributed by atoms with van der Waals surface area (Å²) in [5, 5.41) is 5.54. The average Bonchev–Trinajstić information content (AvgIpc) is 3.11. The van der Waals surface area contributed by atoms with Crippen molar-refractivity contribution in [3.63, 3.8) is 0 Å². The van der Waals surface area contributed by atoms with Crippen LogP contribution in [-0.4, -0.2) is 25.3 Å². The van der Waals surface area contributed by atoms with Gasteiger partial charge in [0.05, 0.1) is 16.9 Å². The molecular formula is C22H17N5. The molecule has 1 aromatic carbocycles. The average molecular weight is 351 g/mol. The van der Waals surface area contributed by atoms with Gasteiger partial charge in [0.1, 0.15) is 0 Å². The number of aromatic nitrogens is 4. The highest BCUT2D eigenvalue weighted by molar-refractivity contribution is 6.07. The number of benzene rings is 1. The fourth-order valence-corrected chi connectivity index (χ4v) is 3.28. The Morgan fingerprint density at radius 2 is 1.96 bits per heavy atom. The molecule has 1 aliphatic rings. The predicted molar refractivity (Wildman–Crippen MR) is 108 cm³/mol. The first-order chi connectivity index (χ1) is 13.4. The lowest BCUT2D eigenvalue weighted by molar-refractivity contribution is 0.957. The highest BCUT2D eigenvalue weighted by Gasteiger charge is 2.07. The van der Waals surface area contributed by atoms with Crippen molar-refractivity contribution in [1.82, 2.24) is 19.6 Å². The topological polar surface area (TPSA) is 55.4 Å². The SMILES string of the molecule is C1=CC(/C=C/c2nc3c4cccnc4ccn3n2)=Nc2ccccc2CC1. The zero-order chi connectivity index (χ0) is 18.1. The molecule has 0 unspecified atom stereocenters. The van der Waals surface area contributed by atoms with Crippen LogP contribution in [0.4, 0.5) is 5.69 Å². The van der Waals surface area contributed by atoms with Gasteiger partial charge < -0.3 is 0 Å². The predicted octanol–water partition coefficient (Wildman–Crippen LogP) is 4.57. The molecule has 0 spiro atoms. The number of rotatable bonds is 2. The van der Waals surface area contributed by atoms with E-state index >= 15 is 0 Å². The second-order valence-corrected chi connectivity index (χ2v) is 6.43. The quantitative estimate of drug-likeness (QED) is 0.532. The fraction of sp³-hybridized carbons (Fsp3) is 0.0909. The Morgan fingerprint density at radius 3 is 2.96 bits per heavy atom. The molecule has 130 valence electrons. The van der Waals surface area contributed by atoms with Gasteiger partial charge in [-0.05, 0) is 60.9 Å². The summed E-state index contributed by atoms with van der Waals surface area (Å²) in [6, 6.07) is 14.2. The van der Waals surface area contributed by atoms with Gasteiger partial charge in [-0.3, -0.25) is 4.98 Å². The number of aliphatic imine (C=N–C) groups is 1. The molecule has 0 radical (unpaired) electrons. The molecule has 0 amide bonds. The molecular weight excluding hydrogens is 334 g/mol. The zero-order valence-electron chi connectivity index (χ0n) is 14.7. The lowest BCUT2D eigenvalue weighted by atomic mass is 10.1. The van der Waals surface area contributed by atoms with E-state index < -0.39 is 0 Å². The minimum absolute atomic E-state index is 0.651. The Kier molecular flexibility index (Phi) is 3.83. The summed E-state index contributed by atoms with van der Waals surface area (Å²) in [5.74, 6) is 0.651. The zero-order valence-corrected chi connectivity index (χ0v) is 14.7. The van der Waals surface area contributed by atoms with Gasteiger partial charge in [0.2, 0.25) is 0 Å². The highest BCUT2D eigenvalue weighted by Crippen LogP contribution is 2.23. The monoisotopic (exact) mass is 351 g/mol. The first-order valence-electron chi connectivity index (χ1n) is 8.98. The minimum Gasteiger partial charge on any atom is -0.256 e. The third-order valence-corrected chi connectivity index (χ3v) is 4.61. The van der Waals surface area contributed by atoms with Crippen LogP contribution in [-0.2, 0) is 6.42 Å². The number of allylic oxidation sites excluding steroid dienone is 3. The molecule has 1 aliphatic heterocycles. The van der Waals surface area contributed by atoms with Gasteiger partial charge in [0.25, 0.3) is 0 Å². The van der Waals surface area contributed by atoms with Crippen LogP contribution in [0.5, 0.6) is 0 Å². The van der Waals surface area contributed by atoms with Crippen LogP contribution in [0.2, 0.25) is 0 Å². The van der Waals surface area contributed by atoms with E-state index in [0.29, 0.717) is 5.82 Å². The summed E-state index contributed by atoms with van der Waals surface area (Å²) < 4.78 is 1.79. The molecule has 3 aromatic heterocycles. The normalized spacial score (nSPS) is 14.3. The van der Waals surface area contributed by atoms with Gasteiger partial charge in [-0.15, -0.1) is 5.10 Å². The minimum atomic E-state index is 0.651. The second-order valence-electron chi connectivity index (χ2n) is 6.43. The van der Waals surface area contributed by atoms with Gasteiger partial charge in [0.15, 0.2) is 11.5 Å². The van der Waals surface area contributed by atoms with Crippen LogP contribution in [0.3, 0.4) is 0 Å². The third-order valence-electron chi connectivity index (χ3n) is 4.61. The summed E-state index contributed by atoms with van der Waals surface area (Å²) in [6.07, 6.45) is 13.8. The fourth-order valence-electron chi connectivity index (χ4n) is 3.28.